The van der Waals surface area contributed by atoms with Crippen LogP contribution >= 0.6 is 22.6 Å². The lowest BCUT2D eigenvalue weighted by atomic mass is 9.99. The smallest absolute Gasteiger partial charge is 0.192 e. The molecule has 0 fully saturated rings. The molecule has 0 bridgehead atoms. The Balaban J connectivity index is 6.13. The second-order valence-corrected chi connectivity index (χ2v) is 31.8. The Morgan fingerprint density at radius 1 is 0.615 bits per heavy atom. The van der Waals surface area contributed by atoms with Gasteiger partial charge in [-0.3, -0.25) is 0 Å². The van der Waals surface area contributed by atoms with Crippen molar-refractivity contribution in [1.29, 1.82) is 0 Å². The van der Waals surface area contributed by atoms with E-state index >= 15 is 0 Å². The molecule has 0 aliphatic carbocycles. The quantitative estimate of drug-likeness (QED) is 0.0925. The van der Waals surface area contributed by atoms with Gasteiger partial charge >= 0.3 is 0 Å². The van der Waals surface area contributed by atoms with Crippen LogP contribution in [0.2, 0.25) is 54.4 Å². The Morgan fingerprint density at radius 3 is 1.36 bits per heavy atom. The van der Waals surface area contributed by atoms with E-state index in [9.17, 15) is 5.11 Å². The molecule has 1 N–H and O–H groups in total. The number of unbranched alkanes of at least 4 members (excludes halogenated alkanes) is 1. The number of aliphatic hydroxyl groups excluding tert-OH is 1. The van der Waals surface area contributed by atoms with Crippen molar-refractivity contribution in [3.63, 3.8) is 0 Å². The summed E-state index contributed by atoms with van der Waals surface area (Å²) in [5, 5.41) is 11.7. The SMILES string of the molecule is CCCC[C@@H](O)[C@@H](CC[C@@H](C[C@@H](CCI)O[Si](C)(C)C(C)(C)C)O[Si](C)(C)C(C)(C)C)O[Si](C)(C)C(C)(C)C. The maximum atomic E-state index is 11.3. The van der Waals surface area contributed by atoms with E-state index in [1.807, 2.05) is 0 Å². The van der Waals surface area contributed by atoms with Crippen molar-refractivity contribution in [2.75, 3.05) is 4.43 Å². The Bertz CT molecular complexity index is 693. The zero-order valence-corrected chi connectivity index (χ0v) is 34.2. The van der Waals surface area contributed by atoms with Gasteiger partial charge in [-0.1, -0.05) is 105 Å². The molecule has 0 saturated carbocycles. The molecule has 0 heterocycles. The van der Waals surface area contributed by atoms with Crippen molar-refractivity contribution < 1.29 is 18.4 Å². The molecule has 0 radical (unpaired) electrons. The van der Waals surface area contributed by atoms with Gasteiger partial charge in [0.1, 0.15) is 0 Å². The van der Waals surface area contributed by atoms with Gasteiger partial charge in [-0.05, 0) is 86.5 Å². The molecule has 236 valence electrons. The highest BCUT2D eigenvalue weighted by atomic mass is 127. The van der Waals surface area contributed by atoms with Crippen LogP contribution in [0.15, 0.2) is 0 Å². The fourth-order valence-electron chi connectivity index (χ4n) is 3.89. The van der Waals surface area contributed by atoms with E-state index in [2.05, 4.69) is 131 Å². The van der Waals surface area contributed by atoms with Crippen LogP contribution in [0.1, 0.15) is 114 Å². The van der Waals surface area contributed by atoms with Crippen LogP contribution in [0.4, 0.5) is 0 Å². The van der Waals surface area contributed by atoms with Gasteiger partial charge in [0.15, 0.2) is 25.0 Å². The summed E-state index contributed by atoms with van der Waals surface area (Å²) in [4.78, 5) is 0. The summed E-state index contributed by atoms with van der Waals surface area (Å²) in [6, 6.07) is 0. The summed E-state index contributed by atoms with van der Waals surface area (Å²) < 4.78 is 22.1. The van der Waals surface area contributed by atoms with E-state index in [4.69, 9.17) is 13.3 Å². The minimum atomic E-state index is -2.03. The van der Waals surface area contributed by atoms with E-state index in [1.165, 1.54) is 0 Å². The van der Waals surface area contributed by atoms with Gasteiger partial charge in [0.25, 0.3) is 0 Å². The molecular formula is C31H69IO4Si3. The van der Waals surface area contributed by atoms with Crippen LogP contribution in [0.5, 0.6) is 0 Å². The third-order valence-corrected chi connectivity index (χ3v) is 24.0. The average Bonchev–Trinajstić information content (AvgIpc) is 2.71. The number of halogens is 1. The fraction of sp³-hybridized carbons (Fsp3) is 1.00. The second kappa shape index (κ2) is 15.8. The normalized spacial score (nSPS) is 17.7. The van der Waals surface area contributed by atoms with Gasteiger partial charge in [0.2, 0.25) is 0 Å². The number of alkyl halides is 1. The summed E-state index contributed by atoms with van der Waals surface area (Å²) in [5.74, 6) is 0. The zero-order valence-electron chi connectivity index (χ0n) is 29.0. The summed E-state index contributed by atoms with van der Waals surface area (Å²) in [5.41, 5.74) is 0. The first-order chi connectivity index (χ1) is 17.3. The molecular weight excluding hydrogens is 647 g/mol. The molecule has 4 nitrogen and oxygen atoms in total. The Kier molecular flexibility index (Phi) is 16.3. The minimum Gasteiger partial charge on any atom is -0.414 e. The van der Waals surface area contributed by atoms with Crippen LogP contribution in [0, 0.1) is 0 Å². The molecule has 0 aromatic heterocycles. The highest BCUT2D eigenvalue weighted by Gasteiger charge is 2.43. The van der Waals surface area contributed by atoms with E-state index in [1.54, 1.807) is 0 Å². The van der Waals surface area contributed by atoms with Crippen molar-refractivity contribution in [3.8, 4) is 0 Å². The predicted octanol–water partition coefficient (Wildman–Crippen LogP) is 10.7. The van der Waals surface area contributed by atoms with Gasteiger partial charge in [0, 0.05) is 16.6 Å². The van der Waals surface area contributed by atoms with Crippen molar-refractivity contribution in [2.24, 2.45) is 0 Å². The third-order valence-electron chi connectivity index (χ3n) is 9.80. The van der Waals surface area contributed by atoms with E-state index in [0.29, 0.717) is 0 Å². The first kappa shape index (κ1) is 40.2. The van der Waals surface area contributed by atoms with Crippen molar-refractivity contribution in [3.05, 3.63) is 0 Å². The molecule has 0 amide bonds. The van der Waals surface area contributed by atoms with Gasteiger partial charge in [-0.2, -0.15) is 0 Å². The molecule has 39 heavy (non-hydrogen) atoms. The number of rotatable bonds is 17. The molecule has 4 atom stereocenters. The molecule has 0 aliphatic rings. The number of aliphatic hydroxyl groups is 1. The zero-order chi connectivity index (χ0) is 31.1. The summed E-state index contributed by atoms with van der Waals surface area (Å²) >= 11 is 2.49. The first-order valence-electron chi connectivity index (χ1n) is 15.6. The highest BCUT2D eigenvalue weighted by Crippen LogP contribution is 2.42. The van der Waals surface area contributed by atoms with E-state index in [0.717, 1.165) is 49.4 Å². The van der Waals surface area contributed by atoms with Crippen LogP contribution in [0.25, 0.3) is 0 Å². The predicted molar refractivity (Wildman–Crippen MR) is 189 cm³/mol. The molecule has 0 aromatic rings. The van der Waals surface area contributed by atoms with Crippen LogP contribution in [-0.4, -0.2) is 58.9 Å². The monoisotopic (exact) mass is 716 g/mol. The molecule has 0 saturated heterocycles. The molecule has 0 unspecified atom stereocenters. The minimum absolute atomic E-state index is 0.104. The largest absolute Gasteiger partial charge is 0.414 e. The molecule has 8 heteroatoms. The van der Waals surface area contributed by atoms with Gasteiger partial charge < -0.3 is 18.4 Å². The fourth-order valence-corrected chi connectivity index (χ4v) is 8.77. The van der Waals surface area contributed by atoms with Gasteiger partial charge in [-0.15, -0.1) is 0 Å². The Hall–Kier alpha value is 1.22. The van der Waals surface area contributed by atoms with Gasteiger partial charge in [-0.25, -0.2) is 0 Å². The third kappa shape index (κ3) is 13.6. The van der Waals surface area contributed by atoms with Gasteiger partial charge in [0.05, 0.1) is 12.2 Å². The van der Waals surface area contributed by atoms with Crippen molar-refractivity contribution in [2.45, 2.75) is 193 Å². The second-order valence-electron chi connectivity index (χ2n) is 16.4. The van der Waals surface area contributed by atoms with E-state index < -0.39 is 31.1 Å². The van der Waals surface area contributed by atoms with Crippen LogP contribution < -0.4 is 0 Å². The number of hydrogen-bond acceptors (Lipinski definition) is 4. The number of hydrogen-bond donors (Lipinski definition) is 1. The highest BCUT2D eigenvalue weighted by molar-refractivity contribution is 14.1. The molecule has 0 rings (SSSR count). The Labute approximate surface area is 262 Å². The van der Waals surface area contributed by atoms with Crippen LogP contribution in [-0.2, 0) is 13.3 Å². The summed E-state index contributed by atoms with van der Waals surface area (Å²) in [6.45, 7) is 37.0. The molecule has 0 spiro atoms. The lowest BCUT2D eigenvalue weighted by molar-refractivity contribution is 0.00493. The van der Waals surface area contributed by atoms with E-state index in [-0.39, 0.29) is 33.4 Å². The lowest BCUT2D eigenvalue weighted by Crippen LogP contribution is -2.49. The maximum absolute atomic E-state index is 11.3. The Morgan fingerprint density at radius 2 is 1.00 bits per heavy atom. The standard InChI is InChI=1S/C31H69IO4Si3/c1-17-18-19-27(33)28(36-39(15,16)31(8,9)10)21-20-25(34-37(11,12)29(2,3)4)24-26(22-23-32)35-38(13,14)30(5,6)7/h25-28,33H,17-24H2,1-16H3/t25-,26+,27+,28+/m0/s1. The summed E-state index contributed by atoms with van der Waals surface area (Å²) in [7, 11) is -5.92. The van der Waals surface area contributed by atoms with Crippen LogP contribution in [0.3, 0.4) is 0 Å². The topological polar surface area (TPSA) is 47.9 Å². The van der Waals surface area contributed by atoms with Crippen molar-refractivity contribution in [1.82, 2.24) is 0 Å². The van der Waals surface area contributed by atoms with Crippen molar-refractivity contribution >= 4 is 47.5 Å². The molecule has 0 aliphatic heterocycles. The lowest BCUT2D eigenvalue weighted by Gasteiger charge is -2.43. The average molecular weight is 717 g/mol. The summed E-state index contributed by atoms with van der Waals surface area (Å²) in [6.07, 6.45) is 6.33. The first-order valence-corrected chi connectivity index (χ1v) is 25.8. The molecule has 0 aromatic carbocycles. The maximum Gasteiger partial charge on any atom is 0.192 e.